The molecule has 3 rings (SSSR count). The minimum absolute atomic E-state index is 0.358. The summed E-state index contributed by atoms with van der Waals surface area (Å²) in [6, 6.07) is 3.47. The molecule has 0 aliphatic carbocycles. The number of aromatic nitrogens is 3. The SMILES string of the molecule is NC1(c2nc(-c3ncccc3Cl)no2)CCOCC1. The van der Waals surface area contributed by atoms with Crippen molar-refractivity contribution >= 4 is 11.6 Å². The Kier molecular flexibility index (Phi) is 3.22. The van der Waals surface area contributed by atoms with Gasteiger partial charge in [0.15, 0.2) is 0 Å². The number of pyridine rings is 1. The molecule has 2 N–H and O–H groups in total. The Bertz CT molecular complexity index is 581. The molecule has 1 fully saturated rings. The summed E-state index contributed by atoms with van der Waals surface area (Å²) in [5.41, 5.74) is 6.16. The van der Waals surface area contributed by atoms with Crippen molar-refractivity contribution < 1.29 is 9.26 Å². The van der Waals surface area contributed by atoms with E-state index in [0.29, 0.717) is 48.5 Å². The molecule has 0 amide bonds. The van der Waals surface area contributed by atoms with Gasteiger partial charge in [0.05, 0.1) is 5.02 Å². The van der Waals surface area contributed by atoms with E-state index in [9.17, 15) is 0 Å². The highest BCUT2D eigenvalue weighted by Crippen LogP contribution is 2.30. The van der Waals surface area contributed by atoms with Crippen molar-refractivity contribution in [3.63, 3.8) is 0 Å². The largest absolute Gasteiger partial charge is 0.381 e. The standard InChI is InChI=1S/C12H13ClN4O2/c13-8-2-1-5-15-9(8)10-16-11(19-17-10)12(14)3-6-18-7-4-12/h1-2,5H,3-4,6-7,14H2. The van der Waals surface area contributed by atoms with Gasteiger partial charge in [-0.3, -0.25) is 4.98 Å². The normalized spacial score (nSPS) is 18.4. The quantitative estimate of drug-likeness (QED) is 0.902. The number of nitrogens with zero attached hydrogens (tertiary/aromatic N) is 3. The topological polar surface area (TPSA) is 87.1 Å². The molecule has 0 saturated carbocycles. The van der Waals surface area contributed by atoms with E-state index in [-0.39, 0.29) is 0 Å². The van der Waals surface area contributed by atoms with E-state index in [1.54, 1.807) is 18.3 Å². The molecular formula is C12H13ClN4O2. The van der Waals surface area contributed by atoms with Gasteiger partial charge in [-0.2, -0.15) is 4.98 Å². The number of halogens is 1. The van der Waals surface area contributed by atoms with Crippen LogP contribution in [0.2, 0.25) is 5.02 Å². The van der Waals surface area contributed by atoms with Crippen LogP contribution in [0.3, 0.4) is 0 Å². The van der Waals surface area contributed by atoms with Gasteiger partial charge in [-0.25, -0.2) is 0 Å². The highest BCUT2D eigenvalue weighted by molar-refractivity contribution is 6.32. The highest BCUT2D eigenvalue weighted by Gasteiger charge is 2.36. The van der Waals surface area contributed by atoms with Crippen LogP contribution in [0, 0.1) is 0 Å². The number of nitrogens with two attached hydrogens (primary N) is 1. The Balaban J connectivity index is 1.93. The summed E-state index contributed by atoms with van der Waals surface area (Å²) < 4.78 is 10.6. The minimum Gasteiger partial charge on any atom is -0.381 e. The molecule has 100 valence electrons. The van der Waals surface area contributed by atoms with Crippen molar-refractivity contribution in [1.29, 1.82) is 0 Å². The fourth-order valence-electron chi connectivity index (χ4n) is 2.02. The first-order chi connectivity index (χ1) is 9.19. The zero-order chi connectivity index (χ0) is 13.3. The molecule has 6 nitrogen and oxygen atoms in total. The van der Waals surface area contributed by atoms with Crippen LogP contribution in [-0.4, -0.2) is 28.3 Å². The van der Waals surface area contributed by atoms with Gasteiger partial charge in [0.1, 0.15) is 11.2 Å². The predicted octanol–water partition coefficient (Wildman–Crippen LogP) is 1.75. The number of ether oxygens (including phenoxy) is 1. The second kappa shape index (κ2) is 4.88. The molecule has 0 radical (unpaired) electrons. The lowest BCUT2D eigenvalue weighted by Crippen LogP contribution is -2.42. The van der Waals surface area contributed by atoms with E-state index in [2.05, 4.69) is 15.1 Å². The van der Waals surface area contributed by atoms with Gasteiger partial charge in [-0.1, -0.05) is 16.8 Å². The maximum absolute atomic E-state index is 6.28. The van der Waals surface area contributed by atoms with Crippen molar-refractivity contribution in [2.45, 2.75) is 18.4 Å². The highest BCUT2D eigenvalue weighted by atomic mass is 35.5. The van der Waals surface area contributed by atoms with Crippen LogP contribution in [0.1, 0.15) is 18.7 Å². The number of hydrogen-bond donors (Lipinski definition) is 1. The number of hydrogen-bond acceptors (Lipinski definition) is 6. The Labute approximate surface area is 114 Å². The van der Waals surface area contributed by atoms with E-state index >= 15 is 0 Å². The summed E-state index contributed by atoms with van der Waals surface area (Å²) in [7, 11) is 0. The molecule has 1 aliphatic rings. The van der Waals surface area contributed by atoms with Gasteiger partial charge in [0.2, 0.25) is 11.7 Å². The lowest BCUT2D eigenvalue weighted by Gasteiger charge is -2.29. The fourth-order valence-corrected chi connectivity index (χ4v) is 2.23. The van der Waals surface area contributed by atoms with Crippen molar-refractivity contribution in [3.8, 4) is 11.5 Å². The summed E-state index contributed by atoms with van der Waals surface area (Å²) in [5.74, 6) is 0.768. The van der Waals surface area contributed by atoms with Crippen LogP contribution >= 0.6 is 11.6 Å². The average molecular weight is 281 g/mol. The van der Waals surface area contributed by atoms with E-state index < -0.39 is 5.54 Å². The Morgan fingerprint density at radius 3 is 2.84 bits per heavy atom. The molecule has 1 aliphatic heterocycles. The molecule has 7 heteroatoms. The summed E-state index contributed by atoms with van der Waals surface area (Å²) in [4.78, 5) is 8.48. The predicted molar refractivity (Wildman–Crippen MR) is 68.5 cm³/mol. The van der Waals surface area contributed by atoms with Crippen LogP contribution in [-0.2, 0) is 10.3 Å². The fraction of sp³-hybridized carbons (Fsp3) is 0.417. The molecule has 0 unspecified atom stereocenters. The molecule has 2 aromatic heterocycles. The monoisotopic (exact) mass is 280 g/mol. The van der Waals surface area contributed by atoms with Gasteiger partial charge in [0, 0.05) is 19.4 Å². The lowest BCUT2D eigenvalue weighted by atomic mass is 9.91. The third-order valence-electron chi connectivity index (χ3n) is 3.21. The zero-order valence-electron chi connectivity index (χ0n) is 10.2. The van der Waals surface area contributed by atoms with E-state index in [0.717, 1.165) is 0 Å². The van der Waals surface area contributed by atoms with E-state index in [1.807, 2.05) is 0 Å². The van der Waals surface area contributed by atoms with Gasteiger partial charge >= 0.3 is 0 Å². The summed E-state index contributed by atoms with van der Waals surface area (Å²) in [5, 5.41) is 4.39. The Morgan fingerprint density at radius 1 is 1.32 bits per heavy atom. The molecule has 2 aromatic rings. The van der Waals surface area contributed by atoms with Crippen molar-refractivity contribution in [2.24, 2.45) is 5.73 Å². The smallest absolute Gasteiger partial charge is 0.247 e. The molecule has 1 saturated heterocycles. The zero-order valence-corrected chi connectivity index (χ0v) is 10.9. The van der Waals surface area contributed by atoms with E-state index in [1.165, 1.54) is 0 Å². The third kappa shape index (κ3) is 2.34. The Morgan fingerprint density at radius 2 is 2.11 bits per heavy atom. The molecule has 0 atom stereocenters. The number of rotatable bonds is 2. The first-order valence-corrected chi connectivity index (χ1v) is 6.38. The van der Waals surface area contributed by atoms with Gasteiger partial charge in [-0.05, 0) is 25.0 Å². The van der Waals surface area contributed by atoms with Crippen LogP contribution in [0.15, 0.2) is 22.9 Å². The maximum Gasteiger partial charge on any atom is 0.247 e. The second-order valence-corrected chi connectivity index (χ2v) is 4.93. The van der Waals surface area contributed by atoms with Gasteiger partial charge in [0.25, 0.3) is 0 Å². The molecule has 3 heterocycles. The van der Waals surface area contributed by atoms with Gasteiger partial charge in [-0.15, -0.1) is 0 Å². The Hall–Kier alpha value is -1.50. The van der Waals surface area contributed by atoms with Crippen LogP contribution in [0.5, 0.6) is 0 Å². The lowest BCUT2D eigenvalue weighted by molar-refractivity contribution is 0.0400. The summed E-state index contributed by atoms with van der Waals surface area (Å²) >= 11 is 6.05. The first-order valence-electron chi connectivity index (χ1n) is 6.01. The molecule has 0 spiro atoms. The second-order valence-electron chi connectivity index (χ2n) is 4.53. The molecular weight excluding hydrogens is 268 g/mol. The molecule has 0 bridgehead atoms. The van der Waals surface area contributed by atoms with Crippen LogP contribution < -0.4 is 5.73 Å². The minimum atomic E-state index is -0.620. The summed E-state index contributed by atoms with van der Waals surface area (Å²) in [6.07, 6.45) is 2.94. The maximum atomic E-state index is 6.28. The molecule has 19 heavy (non-hydrogen) atoms. The van der Waals surface area contributed by atoms with Gasteiger partial charge < -0.3 is 15.0 Å². The van der Waals surface area contributed by atoms with Crippen molar-refractivity contribution in [3.05, 3.63) is 29.2 Å². The average Bonchev–Trinajstić information content (AvgIpc) is 2.90. The third-order valence-corrected chi connectivity index (χ3v) is 3.51. The van der Waals surface area contributed by atoms with Crippen LogP contribution in [0.25, 0.3) is 11.5 Å². The van der Waals surface area contributed by atoms with Crippen LogP contribution in [0.4, 0.5) is 0 Å². The van der Waals surface area contributed by atoms with Crippen molar-refractivity contribution in [1.82, 2.24) is 15.1 Å². The first kappa shape index (κ1) is 12.5. The summed E-state index contributed by atoms with van der Waals surface area (Å²) in [6.45, 7) is 1.19. The van der Waals surface area contributed by atoms with Crippen molar-refractivity contribution in [2.75, 3.05) is 13.2 Å². The molecule has 0 aromatic carbocycles. The van der Waals surface area contributed by atoms with E-state index in [4.69, 9.17) is 26.6 Å².